The number of carbonyl (C=O) groups excluding carboxylic acids is 6. The normalized spacial score (nSPS) is 41.0. The maximum absolute atomic E-state index is 12.3. The molecule has 6 aliphatic heterocycles. The first-order valence-electron chi connectivity index (χ1n) is 30.2. The van der Waals surface area contributed by atoms with Crippen LogP contribution in [-0.2, 0) is 71.4 Å². The molecule has 6 amide bonds. The Morgan fingerprint density at radius 3 is 0.839 bits per heavy atom. The Hall–Kier alpha value is -4.26. The van der Waals surface area contributed by atoms with Crippen LogP contribution in [0.25, 0.3) is 0 Å². The highest BCUT2D eigenvalue weighted by Crippen LogP contribution is 2.33. The Balaban J connectivity index is 0.000000298. The predicted octanol–water partition coefficient (Wildman–Crippen LogP) is -13.3. The molecule has 0 radical (unpaired) electrons. The third-order valence-corrected chi connectivity index (χ3v) is 15.8. The molecule has 93 heavy (non-hydrogen) atoms. The van der Waals surface area contributed by atoms with Crippen LogP contribution in [-0.4, -0.2) is 351 Å². The topological polar surface area (TPSA) is 622 Å². The van der Waals surface area contributed by atoms with E-state index in [0.29, 0.717) is 0 Å². The first-order chi connectivity index (χ1) is 43.7. The molecule has 0 spiro atoms. The van der Waals surface area contributed by atoms with Crippen molar-refractivity contribution in [3.63, 3.8) is 0 Å². The number of hydrogen-bond donors (Lipinski definition) is 24. The summed E-state index contributed by atoms with van der Waals surface area (Å²) in [5.41, 5.74) is 0. The Labute approximate surface area is 533 Å². The Morgan fingerprint density at radius 1 is 0.333 bits per heavy atom. The quantitative estimate of drug-likeness (QED) is 0.0479. The van der Waals surface area contributed by atoms with Gasteiger partial charge in [-0.3, -0.25) is 28.8 Å². The van der Waals surface area contributed by atoms with Gasteiger partial charge in [0, 0.05) is 38.5 Å². The van der Waals surface area contributed by atoms with E-state index in [1.165, 1.54) is 0 Å². The van der Waals surface area contributed by atoms with Crippen molar-refractivity contribution in [3.05, 3.63) is 0 Å². The van der Waals surface area contributed by atoms with E-state index in [-0.39, 0.29) is 12.8 Å². The third-order valence-electron chi connectivity index (χ3n) is 15.8. The number of amides is 6. The molecule has 0 bridgehead atoms. The molecular formula is C54H96N6O33. The van der Waals surface area contributed by atoms with Gasteiger partial charge < -0.3 is 166 Å². The number of aliphatic hydroxyl groups is 18. The fraction of sp³-hybridized carbons (Fsp3) is 0.889. The first kappa shape index (κ1) is 81.2. The second-order valence-electron chi connectivity index (χ2n) is 23.4. The molecule has 0 aromatic rings. The van der Waals surface area contributed by atoms with E-state index in [4.69, 9.17) is 42.6 Å². The molecule has 6 saturated heterocycles. The van der Waals surface area contributed by atoms with Gasteiger partial charge >= 0.3 is 0 Å². The lowest BCUT2D eigenvalue weighted by atomic mass is 9.94. The summed E-state index contributed by atoms with van der Waals surface area (Å²) in [6.07, 6.45) is -35.0. The zero-order valence-electron chi connectivity index (χ0n) is 52.3. The van der Waals surface area contributed by atoms with Gasteiger partial charge in [0.15, 0.2) is 37.7 Å². The monoisotopic (exact) mass is 1360 g/mol. The van der Waals surface area contributed by atoms with E-state index >= 15 is 0 Å². The van der Waals surface area contributed by atoms with Gasteiger partial charge in [-0.2, -0.15) is 0 Å². The van der Waals surface area contributed by atoms with Crippen molar-refractivity contribution in [1.29, 1.82) is 0 Å². The number of aliphatic hydroxyl groups excluding tert-OH is 18. The minimum atomic E-state index is -1.65. The molecule has 6 aliphatic rings. The molecule has 39 heteroatoms. The standard InChI is InChI=1S/C20H36N2O11.C18H32N2O11.C16H28N2O11/c1-7(2)17(28)21-11-15(27)16(10(6-24)31-19(11)30)33-20-12(22-18(29)8(3)4)14(26)13(25)9(5-23)32-20;1-3-9(23)19-11-15(27)16(8(6-22)29-17(11)28)31-18-12(20-10(24)4-2)14(26)13(25)7(5-21)30-18;1-5(21)17-9-13(25)14(8(4-20)27-15(9)26)29-16-10(18-6(2)22)12(24)11(23)7(3-19)28-16/h7-16,19-20,23-27,30H,5-6H2,1-4H3,(H,21,28)(H,22,29);7-8,11-18,21-22,25-28H,3-6H2,1-2H3,(H,19,23)(H,20,24);7-16,19-20,23-26H,3-4H2,1-2H3,(H,17,21)(H,18,22). The van der Waals surface area contributed by atoms with Crippen molar-refractivity contribution >= 4 is 35.4 Å². The largest absolute Gasteiger partial charge is 0.394 e. The average Bonchev–Trinajstić information content (AvgIpc) is 0.814. The Bertz CT molecular complexity index is 2340. The number of nitrogens with one attached hydrogen (secondary N) is 6. The van der Waals surface area contributed by atoms with Crippen molar-refractivity contribution in [2.75, 3.05) is 39.6 Å². The van der Waals surface area contributed by atoms with Crippen molar-refractivity contribution in [1.82, 2.24) is 31.9 Å². The molecule has 30 unspecified atom stereocenters. The van der Waals surface area contributed by atoms with E-state index in [1.54, 1.807) is 41.5 Å². The third kappa shape index (κ3) is 20.9. The fourth-order valence-corrected chi connectivity index (χ4v) is 10.4. The van der Waals surface area contributed by atoms with Crippen LogP contribution in [0.5, 0.6) is 0 Å². The SMILES string of the molecule is CC(=O)NC1C(O)OC(CO)C(OC2OC(CO)C(O)C(O)C2NC(C)=O)C1O.CC(C)C(=O)NC1C(O)OC(CO)C(OC2OC(CO)C(O)C(O)C2NC(=O)C(C)C)C1O.CCC(=O)NC1C(O)OC(CO)C(OC2OC(CO)C(O)C(O)C2NC(=O)CC)C1O. The van der Waals surface area contributed by atoms with Crippen LogP contribution in [0, 0.1) is 11.8 Å². The average molecular weight is 1360 g/mol. The minimum Gasteiger partial charge on any atom is -0.394 e. The van der Waals surface area contributed by atoms with Gasteiger partial charge in [-0.15, -0.1) is 0 Å². The molecule has 6 fully saturated rings. The summed E-state index contributed by atoms with van der Waals surface area (Å²) >= 11 is 0. The van der Waals surface area contributed by atoms with Crippen LogP contribution >= 0.6 is 0 Å². The van der Waals surface area contributed by atoms with Crippen LogP contribution in [0.1, 0.15) is 68.2 Å². The zero-order chi connectivity index (χ0) is 70.2. The molecule has 0 saturated carbocycles. The van der Waals surface area contributed by atoms with Gasteiger partial charge in [-0.05, 0) is 0 Å². The summed E-state index contributed by atoms with van der Waals surface area (Å²) in [5.74, 6) is -4.01. The van der Waals surface area contributed by atoms with Crippen molar-refractivity contribution < 1.29 is 163 Å². The lowest BCUT2D eigenvalue weighted by Gasteiger charge is -2.47. The summed E-state index contributed by atoms with van der Waals surface area (Å²) in [7, 11) is 0. The second kappa shape index (κ2) is 37.5. The van der Waals surface area contributed by atoms with E-state index in [9.17, 15) is 121 Å². The van der Waals surface area contributed by atoms with E-state index < -0.39 is 271 Å². The Morgan fingerprint density at radius 2 is 0.570 bits per heavy atom. The summed E-state index contributed by atoms with van der Waals surface area (Å²) in [6, 6.07) is -7.79. The summed E-state index contributed by atoms with van der Waals surface area (Å²) in [5, 5.41) is 196. The molecule has 24 N–H and O–H groups in total. The highest BCUT2D eigenvalue weighted by molar-refractivity contribution is 5.79. The maximum atomic E-state index is 12.3. The molecule has 540 valence electrons. The van der Waals surface area contributed by atoms with E-state index in [2.05, 4.69) is 31.9 Å². The van der Waals surface area contributed by atoms with Crippen LogP contribution < -0.4 is 31.9 Å². The molecule has 0 aliphatic carbocycles. The maximum Gasteiger partial charge on any atom is 0.223 e. The summed E-state index contributed by atoms with van der Waals surface area (Å²) in [4.78, 5) is 70.8. The zero-order valence-corrected chi connectivity index (χ0v) is 52.3. The molecule has 6 heterocycles. The Kier molecular flexibility index (Phi) is 32.7. The smallest absolute Gasteiger partial charge is 0.223 e. The molecule has 0 aromatic carbocycles. The number of rotatable bonds is 22. The predicted molar refractivity (Wildman–Crippen MR) is 303 cm³/mol. The van der Waals surface area contributed by atoms with Crippen molar-refractivity contribution in [3.8, 4) is 0 Å². The van der Waals surface area contributed by atoms with E-state index in [1.807, 2.05) is 0 Å². The van der Waals surface area contributed by atoms with E-state index in [0.717, 1.165) is 13.8 Å². The molecular weight excluding hydrogens is 1260 g/mol. The lowest BCUT2D eigenvalue weighted by molar-refractivity contribution is -0.327. The number of ether oxygens (including phenoxy) is 9. The van der Waals surface area contributed by atoms with Crippen LogP contribution in [0.15, 0.2) is 0 Å². The molecule has 0 aromatic heterocycles. The van der Waals surface area contributed by atoms with Gasteiger partial charge in [0.05, 0.1) is 39.6 Å². The van der Waals surface area contributed by atoms with Gasteiger partial charge in [0.25, 0.3) is 0 Å². The highest BCUT2D eigenvalue weighted by atomic mass is 16.7. The summed E-state index contributed by atoms with van der Waals surface area (Å²) in [6.45, 7) is 7.83. The van der Waals surface area contributed by atoms with Crippen molar-refractivity contribution in [2.45, 2.75) is 252 Å². The van der Waals surface area contributed by atoms with Crippen molar-refractivity contribution in [2.24, 2.45) is 11.8 Å². The molecule has 6 rings (SSSR count). The van der Waals surface area contributed by atoms with Gasteiger partial charge in [-0.1, -0.05) is 41.5 Å². The molecule has 39 nitrogen and oxygen atoms in total. The second-order valence-corrected chi connectivity index (χ2v) is 23.4. The van der Waals surface area contributed by atoms with Crippen LogP contribution in [0.2, 0.25) is 0 Å². The first-order valence-corrected chi connectivity index (χ1v) is 30.2. The number of carbonyl (C=O) groups is 6. The summed E-state index contributed by atoms with van der Waals surface area (Å²) < 4.78 is 49.4. The fourth-order valence-electron chi connectivity index (χ4n) is 10.4. The van der Waals surface area contributed by atoms with Gasteiger partial charge in [-0.25, -0.2) is 0 Å². The minimum absolute atomic E-state index is 0.0568. The van der Waals surface area contributed by atoms with Crippen LogP contribution in [0.4, 0.5) is 0 Å². The van der Waals surface area contributed by atoms with Crippen LogP contribution in [0.3, 0.4) is 0 Å². The van der Waals surface area contributed by atoms with Gasteiger partial charge in [0.2, 0.25) is 35.4 Å². The lowest BCUT2D eigenvalue weighted by Crippen LogP contribution is -2.69. The molecule has 30 atom stereocenters. The highest BCUT2D eigenvalue weighted by Gasteiger charge is 2.55. The number of hydrogen-bond acceptors (Lipinski definition) is 33. The van der Waals surface area contributed by atoms with Gasteiger partial charge in [0.1, 0.15) is 146 Å².